The fourth-order valence-electron chi connectivity index (χ4n) is 9.04. The molecule has 0 radical (unpaired) electrons. The Kier molecular flexibility index (Phi) is 13.2. The molecule has 0 saturated carbocycles. The molecule has 6 aromatic carbocycles. The van der Waals surface area contributed by atoms with Crippen LogP contribution in [0.2, 0.25) is 0 Å². The summed E-state index contributed by atoms with van der Waals surface area (Å²) in [6.07, 6.45) is 0. The third-order valence-corrected chi connectivity index (χ3v) is 18.2. The van der Waals surface area contributed by atoms with Gasteiger partial charge in [-0.2, -0.15) is 0 Å². The van der Waals surface area contributed by atoms with Gasteiger partial charge in [-0.25, -0.2) is 9.78 Å². The molecule has 2 atom stereocenters. The van der Waals surface area contributed by atoms with Gasteiger partial charge < -0.3 is 20.2 Å². The van der Waals surface area contributed by atoms with Crippen LogP contribution in [0.3, 0.4) is 0 Å². The van der Waals surface area contributed by atoms with E-state index in [9.17, 15) is 14.4 Å². The van der Waals surface area contributed by atoms with Gasteiger partial charge in [0.15, 0.2) is 10.8 Å². The summed E-state index contributed by atoms with van der Waals surface area (Å²) < 4.78 is 6.06. The number of ether oxygens (including phenoxy) is 1. The highest BCUT2D eigenvalue weighted by molar-refractivity contribution is 8.08. The van der Waals surface area contributed by atoms with Crippen LogP contribution in [0.25, 0.3) is 4.91 Å². The Hall–Kier alpha value is -6.85. The number of aromatic nitrogens is 1. The Bertz CT molecular complexity index is 2860. The Labute approximate surface area is 405 Å². The molecule has 68 heavy (non-hydrogen) atoms. The molecule has 2 aliphatic rings. The average Bonchev–Trinajstić information content (AvgIpc) is 3.84. The van der Waals surface area contributed by atoms with E-state index in [4.69, 9.17) is 14.6 Å². The molecule has 342 valence electrons. The molecule has 13 heteroatoms. The predicted octanol–water partition coefficient (Wildman–Crippen LogP) is 8.97. The monoisotopic (exact) mass is 956 g/mol. The molecule has 0 bridgehead atoms. The van der Waals surface area contributed by atoms with Gasteiger partial charge in [0, 0.05) is 21.6 Å². The number of thiazole rings is 1. The molecule has 3 heterocycles. The SMILES string of the molecule is CO/N=C(/C(=O)N[C@@H]1C(=O)N2C(C(=O)OC(C)(C)C)=C(c3ccccc3[P+](C)(c3ccccc3)c3ccccc3)SC[C@H]12)c1csc(NC(c2ccccc2)(c2ccccc2)c2ccccc2)n1. The van der Waals surface area contributed by atoms with Crippen LogP contribution in [-0.2, 0) is 29.5 Å². The minimum absolute atomic E-state index is 0.0983. The van der Waals surface area contributed by atoms with Gasteiger partial charge in [-0.1, -0.05) is 145 Å². The summed E-state index contributed by atoms with van der Waals surface area (Å²) >= 11 is 2.81. The smallest absolute Gasteiger partial charge is 0.356 e. The number of thioether (sulfide) groups is 1. The van der Waals surface area contributed by atoms with Crippen molar-refractivity contribution >= 4 is 79.8 Å². The molecule has 1 fully saturated rings. The number of amides is 2. The number of β-lactam (4-membered cyclic amide) rings is 1. The lowest BCUT2D eigenvalue weighted by atomic mass is 9.77. The van der Waals surface area contributed by atoms with Gasteiger partial charge in [-0.15, -0.1) is 23.1 Å². The number of carbonyl (C=O) groups excluding carboxylic acids is 3. The Morgan fingerprint density at radius 3 is 1.75 bits per heavy atom. The number of esters is 1. The summed E-state index contributed by atoms with van der Waals surface area (Å²) in [5.74, 6) is -1.28. The van der Waals surface area contributed by atoms with Gasteiger partial charge >= 0.3 is 5.97 Å². The lowest BCUT2D eigenvalue weighted by Crippen LogP contribution is -2.73. The van der Waals surface area contributed by atoms with Crippen LogP contribution in [0, 0.1) is 0 Å². The number of nitrogens with zero attached hydrogens (tertiary/aromatic N) is 3. The van der Waals surface area contributed by atoms with Crippen LogP contribution in [0.1, 0.15) is 48.7 Å². The van der Waals surface area contributed by atoms with Crippen molar-refractivity contribution in [1.82, 2.24) is 15.2 Å². The van der Waals surface area contributed by atoms with E-state index in [1.807, 2.05) is 106 Å². The fourth-order valence-corrected chi connectivity index (χ4v) is 14.6. The molecule has 1 aromatic heterocycles. The number of hydrogen-bond acceptors (Lipinski definition) is 10. The van der Waals surface area contributed by atoms with Crippen LogP contribution in [0.4, 0.5) is 5.13 Å². The topological polar surface area (TPSA) is 122 Å². The largest absolute Gasteiger partial charge is 0.455 e. The third-order valence-electron chi connectivity index (χ3n) is 12.2. The predicted molar refractivity (Wildman–Crippen MR) is 277 cm³/mol. The Morgan fingerprint density at radius 2 is 1.24 bits per heavy atom. The normalized spacial score (nSPS) is 16.3. The zero-order chi connectivity index (χ0) is 47.5. The molecular weight excluding hydrogens is 906 g/mol. The van der Waals surface area contributed by atoms with Crippen LogP contribution < -0.4 is 26.5 Å². The quantitative estimate of drug-likeness (QED) is 0.0277. The van der Waals surface area contributed by atoms with Crippen molar-refractivity contribution in [3.63, 3.8) is 0 Å². The zero-order valence-corrected chi connectivity index (χ0v) is 40.9. The number of fused-ring (bicyclic) bond motifs is 1. The maximum Gasteiger partial charge on any atom is 0.356 e. The number of oxime groups is 1. The van der Waals surface area contributed by atoms with E-state index in [2.05, 4.69) is 113 Å². The maximum absolute atomic E-state index is 14.6. The molecule has 1 saturated heterocycles. The third kappa shape index (κ3) is 8.75. The fraction of sp³-hybridized carbons (Fsp3) is 0.182. The van der Waals surface area contributed by atoms with Crippen molar-refractivity contribution < 1.29 is 24.0 Å². The van der Waals surface area contributed by atoms with E-state index in [1.165, 1.54) is 45.7 Å². The molecule has 2 amide bonds. The van der Waals surface area contributed by atoms with Crippen LogP contribution in [0.15, 0.2) is 192 Å². The van der Waals surface area contributed by atoms with Crippen LogP contribution in [-0.4, -0.2) is 70.6 Å². The highest BCUT2D eigenvalue weighted by atomic mass is 32.2. The van der Waals surface area contributed by atoms with E-state index in [-0.39, 0.29) is 17.1 Å². The molecule has 2 N–H and O–H groups in total. The first-order valence-corrected chi connectivity index (χ1v) is 26.4. The Morgan fingerprint density at radius 1 is 0.735 bits per heavy atom. The first-order valence-electron chi connectivity index (χ1n) is 22.3. The lowest BCUT2D eigenvalue weighted by Gasteiger charge is -2.50. The van der Waals surface area contributed by atoms with Crippen molar-refractivity contribution in [3.05, 3.63) is 215 Å². The van der Waals surface area contributed by atoms with Crippen molar-refractivity contribution in [2.24, 2.45) is 5.16 Å². The highest BCUT2D eigenvalue weighted by Crippen LogP contribution is 2.55. The van der Waals surface area contributed by atoms with E-state index in [0.29, 0.717) is 15.8 Å². The zero-order valence-electron chi connectivity index (χ0n) is 38.3. The van der Waals surface area contributed by atoms with Gasteiger partial charge in [-0.05, 0) is 73.9 Å². The summed E-state index contributed by atoms with van der Waals surface area (Å²) in [5.41, 5.74) is 2.45. The van der Waals surface area contributed by atoms with Crippen molar-refractivity contribution in [1.29, 1.82) is 0 Å². The summed E-state index contributed by atoms with van der Waals surface area (Å²) in [6, 6.07) is 58.0. The van der Waals surface area contributed by atoms with E-state index < -0.39 is 48.3 Å². The molecule has 2 aliphatic heterocycles. The van der Waals surface area contributed by atoms with Gasteiger partial charge in [0.05, 0.1) is 12.7 Å². The standard InChI is InChI=1S/C55H50N5O5PS2/c1-54(2,3)65-52(63)48-49(42-33-21-22-34-45(42)66(5,40-29-17-9-18-30-40)41-31-19-10-20-32-41)67-36-44-47(51(62)60(44)48)57-50(61)46(59-64-4)43-35-68-53(56-43)58-55(37-23-11-6-12-24-37,38-25-13-7-14-26-38)39-27-15-8-16-28-39/h6-35,44,47H,36H2,1-5H3,(H-,56,57,58,61)/p+1/b59-46+/t44-,47+/m1/s1. The van der Waals surface area contributed by atoms with Crippen molar-refractivity contribution in [3.8, 4) is 0 Å². The molecule has 9 rings (SSSR count). The second-order valence-corrected chi connectivity index (χ2v) is 23.0. The maximum atomic E-state index is 14.6. The molecule has 0 unspecified atom stereocenters. The van der Waals surface area contributed by atoms with Crippen LogP contribution >= 0.6 is 30.4 Å². The molecular formula is C55H51N5O5PS2+. The number of benzene rings is 6. The Balaban J connectivity index is 1.04. The number of rotatable bonds is 14. The van der Waals surface area contributed by atoms with E-state index in [1.54, 1.807) is 5.38 Å². The highest BCUT2D eigenvalue weighted by Gasteiger charge is 2.56. The number of carbonyl (C=O) groups is 3. The van der Waals surface area contributed by atoms with Crippen molar-refractivity contribution in [2.75, 3.05) is 24.8 Å². The van der Waals surface area contributed by atoms with Gasteiger partial charge in [0.1, 0.15) is 58.9 Å². The first kappa shape index (κ1) is 46.3. The molecule has 0 aliphatic carbocycles. The number of hydrogen-bond donors (Lipinski definition) is 2. The summed E-state index contributed by atoms with van der Waals surface area (Å²) in [7, 11) is -0.932. The van der Waals surface area contributed by atoms with Gasteiger partial charge in [0.2, 0.25) is 0 Å². The molecule has 0 spiro atoms. The van der Waals surface area contributed by atoms with E-state index >= 15 is 0 Å². The second-order valence-electron chi connectivity index (χ2n) is 17.5. The summed E-state index contributed by atoms with van der Waals surface area (Å²) in [6.45, 7) is 7.72. The minimum Gasteiger partial charge on any atom is -0.455 e. The lowest BCUT2D eigenvalue weighted by molar-refractivity contribution is -0.160. The number of nitrogens with one attached hydrogen (secondary N) is 2. The average molecular weight is 957 g/mol. The molecule has 7 aromatic rings. The summed E-state index contributed by atoms with van der Waals surface area (Å²) in [4.78, 5) is 55.8. The van der Waals surface area contributed by atoms with E-state index in [0.717, 1.165) is 27.6 Å². The minimum atomic E-state index is -2.29. The number of anilines is 1. The molecule has 10 nitrogen and oxygen atoms in total. The van der Waals surface area contributed by atoms with Gasteiger partial charge in [-0.3, -0.25) is 14.5 Å². The summed E-state index contributed by atoms with van der Waals surface area (Å²) in [5, 5.41) is 16.5. The first-order chi connectivity index (χ1) is 32.9. The second kappa shape index (κ2) is 19.4. The van der Waals surface area contributed by atoms with Gasteiger partial charge in [0.25, 0.3) is 11.8 Å². The van der Waals surface area contributed by atoms with Crippen LogP contribution in [0.5, 0.6) is 0 Å². The van der Waals surface area contributed by atoms with Crippen molar-refractivity contribution in [2.45, 2.75) is 44.0 Å².